The maximum Gasteiger partial charge on any atom is 0.244 e. The normalized spacial score (nSPS) is 16.4. The van der Waals surface area contributed by atoms with E-state index >= 15 is 0 Å². The number of amides is 1. The number of halogens is 1. The number of tetrazole rings is 1. The largest absolute Gasteiger partial charge is 0.336 e. The number of carbonyl (C=O) groups excluding carboxylic acids is 1. The Bertz CT molecular complexity index is 778. The fourth-order valence-corrected chi connectivity index (χ4v) is 2.62. The number of nitriles is 1. The summed E-state index contributed by atoms with van der Waals surface area (Å²) in [5, 5.41) is 24.5. The van der Waals surface area contributed by atoms with Crippen LogP contribution in [0.2, 0.25) is 5.02 Å². The van der Waals surface area contributed by atoms with Gasteiger partial charge in [-0.25, -0.2) is 0 Å². The molecule has 8 heteroatoms. The van der Waals surface area contributed by atoms with Crippen molar-refractivity contribution in [1.82, 2.24) is 25.5 Å². The molecule has 1 amide bonds. The lowest BCUT2D eigenvalue weighted by molar-refractivity contribution is -0.123. The van der Waals surface area contributed by atoms with Crippen LogP contribution in [0.1, 0.15) is 19.8 Å². The van der Waals surface area contributed by atoms with Crippen molar-refractivity contribution < 1.29 is 4.79 Å². The molecule has 23 heavy (non-hydrogen) atoms. The molecule has 7 nitrogen and oxygen atoms in total. The standard InChI is InChI=1S/C15H15ClN6O/c1-15(9-17,10-6-7-10)18-13(23)8-22-20-14(19-21-22)11-4-2-3-5-12(11)16/h2-5,10H,6-8H2,1H3,(H,18,23)/t15-/m0/s1. The third kappa shape index (κ3) is 3.32. The first-order valence-electron chi connectivity index (χ1n) is 7.27. The van der Waals surface area contributed by atoms with Crippen LogP contribution in [0.5, 0.6) is 0 Å². The number of nitrogens with one attached hydrogen (secondary N) is 1. The fourth-order valence-electron chi connectivity index (χ4n) is 2.40. The molecule has 2 aromatic rings. The van der Waals surface area contributed by atoms with E-state index in [2.05, 4.69) is 26.8 Å². The van der Waals surface area contributed by atoms with E-state index < -0.39 is 5.54 Å². The van der Waals surface area contributed by atoms with Crippen LogP contribution in [0, 0.1) is 17.2 Å². The molecule has 1 fully saturated rings. The van der Waals surface area contributed by atoms with Crippen LogP contribution < -0.4 is 5.32 Å². The van der Waals surface area contributed by atoms with Gasteiger partial charge >= 0.3 is 0 Å². The molecule has 1 N–H and O–H groups in total. The van der Waals surface area contributed by atoms with Gasteiger partial charge in [0.2, 0.25) is 11.7 Å². The van der Waals surface area contributed by atoms with E-state index in [9.17, 15) is 10.1 Å². The Morgan fingerprint density at radius 2 is 2.26 bits per heavy atom. The molecule has 0 radical (unpaired) electrons. The van der Waals surface area contributed by atoms with Gasteiger partial charge in [0.05, 0.1) is 11.1 Å². The minimum Gasteiger partial charge on any atom is -0.336 e. The molecule has 1 saturated carbocycles. The van der Waals surface area contributed by atoms with Gasteiger partial charge in [0, 0.05) is 5.56 Å². The maximum atomic E-state index is 12.1. The summed E-state index contributed by atoms with van der Waals surface area (Å²) in [6, 6.07) is 9.33. The Kier molecular flexibility index (Phi) is 4.01. The molecule has 0 saturated heterocycles. The van der Waals surface area contributed by atoms with Crippen molar-refractivity contribution in [2.24, 2.45) is 5.92 Å². The molecule has 3 rings (SSSR count). The van der Waals surface area contributed by atoms with E-state index in [1.165, 1.54) is 4.80 Å². The molecule has 0 unspecified atom stereocenters. The summed E-state index contributed by atoms with van der Waals surface area (Å²) in [6.07, 6.45) is 1.92. The highest BCUT2D eigenvalue weighted by atomic mass is 35.5. The van der Waals surface area contributed by atoms with E-state index in [0.29, 0.717) is 16.4 Å². The first-order chi connectivity index (χ1) is 11.0. The summed E-state index contributed by atoms with van der Waals surface area (Å²) >= 11 is 6.09. The molecule has 0 spiro atoms. The quantitative estimate of drug-likeness (QED) is 0.901. The lowest BCUT2D eigenvalue weighted by atomic mass is 9.98. The minimum atomic E-state index is -0.830. The Balaban J connectivity index is 1.69. The summed E-state index contributed by atoms with van der Waals surface area (Å²) in [5.41, 5.74) is -0.177. The number of rotatable bonds is 5. The van der Waals surface area contributed by atoms with Crippen LogP contribution in [0.4, 0.5) is 0 Å². The number of nitrogens with zero attached hydrogens (tertiary/aromatic N) is 5. The van der Waals surface area contributed by atoms with Gasteiger partial charge in [-0.15, -0.1) is 10.2 Å². The predicted molar refractivity (Wildman–Crippen MR) is 83.1 cm³/mol. The third-order valence-electron chi connectivity index (χ3n) is 3.88. The summed E-state index contributed by atoms with van der Waals surface area (Å²) < 4.78 is 0. The third-order valence-corrected chi connectivity index (χ3v) is 4.21. The van der Waals surface area contributed by atoms with Gasteiger partial charge in [-0.05, 0) is 43.0 Å². The number of aromatic nitrogens is 4. The molecule has 118 valence electrons. The lowest BCUT2D eigenvalue weighted by Gasteiger charge is -2.22. The van der Waals surface area contributed by atoms with Gasteiger partial charge < -0.3 is 5.32 Å². The van der Waals surface area contributed by atoms with Crippen molar-refractivity contribution >= 4 is 17.5 Å². The second-order valence-corrected chi connectivity index (χ2v) is 6.17. The molecular weight excluding hydrogens is 316 g/mol. The van der Waals surface area contributed by atoms with Crippen LogP contribution in [0.3, 0.4) is 0 Å². The van der Waals surface area contributed by atoms with E-state index in [-0.39, 0.29) is 18.4 Å². The SMILES string of the molecule is C[C@@](C#N)(NC(=O)Cn1nnc(-c2ccccc2Cl)n1)C1CC1. The molecule has 1 atom stereocenters. The summed E-state index contributed by atoms with van der Waals surface area (Å²) in [4.78, 5) is 13.3. The Morgan fingerprint density at radius 1 is 1.52 bits per heavy atom. The predicted octanol–water partition coefficient (Wildman–Crippen LogP) is 1.80. The van der Waals surface area contributed by atoms with Crippen LogP contribution in [-0.4, -0.2) is 31.7 Å². The average Bonchev–Trinajstić information content (AvgIpc) is 3.29. The smallest absolute Gasteiger partial charge is 0.244 e. The first kappa shape index (κ1) is 15.4. The van der Waals surface area contributed by atoms with Crippen molar-refractivity contribution in [2.75, 3.05) is 0 Å². The van der Waals surface area contributed by atoms with E-state index in [0.717, 1.165) is 12.8 Å². The van der Waals surface area contributed by atoms with Gasteiger partial charge in [0.25, 0.3) is 0 Å². The van der Waals surface area contributed by atoms with Gasteiger partial charge in [0.15, 0.2) is 0 Å². The molecule has 1 heterocycles. The number of carbonyl (C=O) groups is 1. The molecule has 1 aliphatic carbocycles. The molecular formula is C15H15ClN6O. The van der Waals surface area contributed by atoms with Gasteiger partial charge in [-0.1, -0.05) is 23.7 Å². The minimum absolute atomic E-state index is 0.0958. The molecule has 1 aromatic heterocycles. The Labute approximate surface area is 138 Å². The van der Waals surface area contributed by atoms with Crippen LogP contribution in [0.15, 0.2) is 24.3 Å². The highest BCUT2D eigenvalue weighted by Crippen LogP contribution is 2.39. The first-order valence-corrected chi connectivity index (χ1v) is 7.64. The lowest BCUT2D eigenvalue weighted by Crippen LogP contribution is -2.48. The van der Waals surface area contributed by atoms with Crippen molar-refractivity contribution in [1.29, 1.82) is 5.26 Å². The van der Waals surface area contributed by atoms with Gasteiger partial charge in [-0.2, -0.15) is 10.1 Å². The molecule has 0 aliphatic heterocycles. The maximum absolute atomic E-state index is 12.1. The van der Waals surface area contributed by atoms with E-state index in [1.807, 2.05) is 12.1 Å². The van der Waals surface area contributed by atoms with E-state index in [1.54, 1.807) is 19.1 Å². The highest BCUT2D eigenvalue weighted by Gasteiger charge is 2.43. The van der Waals surface area contributed by atoms with Gasteiger partial charge in [-0.3, -0.25) is 4.79 Å². The van der Waals surface area contributed by atoms with Crippen LogP contribution >= 0.6 is 11.6 Å². The average molecular weight is 331 g/mol. The van der Waals surface area contributed by atoms with Gasteiger partial charge in [0.1, 0.15) is 12.1 Å². The summed E-state index contributed by atoms with van der Waals surface area (Å²) in [7, 11) is 0. The second-order valence-electron chi connectivity index (χ2n) is 5.76. The van der Waals surface area contributed by atoms with Crippen LogP contribution in [0.25, 0.3) is 11.4 Å². The zero-order valence-electron chi connectivity index (χ0n) is 12.5. The van der Waals surface area contributed by atoms with Crippen molar-refractivity contribution in [3.8, 4) is 17.5 Å². The van der Waals surface area contributed by atoms with Crippen molar-refractivity contribution in [3.05, 3.63) is 29.3 Å². The monoisotopic (exact) mass is 330 g/mol. The zero-order chi connectivity index (χ0) is 16.4. The second kappa shape index (κ2) is 5.97. The molecule has 1 aromatic carbocycles. The molecule has 0 bridgehead atoms. The van der Waals surface area contributed by atoms with Crippen molar-refractivity contribution in [2.45, 2.75) is 31.8 Å². The topological polar surface area (TPSA) is 96.5 Å². The van der Waals surface area contributed by atoms with Crippen molar-refractivity contribution in [3.63, 3.8) is 0 Å². The zero-order valence-corrected chi connectivity index (χ0v) is 13.3. The number of hydrogen-bond donors (Lipinski definition) is 1. The van der Waals surface area contributed by atoms with E-state index in [4.69, 9.17) is 11.6 Å². The highest BCUT2D eigenvalue weighted by molar-refractivity contribution is 6.33. The fraction of sp³-hybridized carbons (Fsp3) is 0.400. The Hall–Kier alpha value is -2.46. The Morgan fingerprint density at radius 3 is 2.91 bits per heavy atom. The van der Waals surface area contributed by atoms with Crippen LogP contribution in [-0.2, 0) is 11.3 Å². The summed E-state index contributed by atoms with van der Waals surface area (Å²) in [5.74, 6) is 0.261. The number of hydrogen-bond acceptors (Lipinski definition) is 5. The number of benzene rings is 1. The molecule has 1 aliphatic rings. The summed E-state index contributed by atoms with van der Waals surface area (Å²) in [6.45, 7) is 1.65.